The first-order valence-electron chi connectivity index (χ1n) is 6.83. The largest absolute Gasteiger partial charge is 0.449 e. The minimum absolute atomic E-state index is 0.180. The van der Waals surface area contributed by atoms with Gasteiger partial charge in [0.15, 0.2) is 8.32 Å². The highest BCUT2D eigenvalue weighted by Crippen LogP contribution is 2.41. The lowest BCUT2D eigenvalue weighted by atomic mass is 10.3. The monoisotopic (exact) mass is 329 g/mol. The van der Waals surface area contributed by atoms with Crippen molar-refractivity contribution in [3.05, 3.63) is 0 Å². The van der Waals surface area contributed by atoms with Crippen molar-refractivity contribution in [3.8, 4) is 0 Å². The van der Waals surface area contributed by atoms with Gasteiger partial charge < -0.3 is 13.9 Å². The molecule has 0 aromatic rings. The summed E-state index contributed by atoms with van der Waals surface area (Å²) in [5.74, 6) is -2.75. The van der Waals surface area contributed by atoms with E-state index in [0.717, 1.165) is 11.3 Å². The fraction of sp³-hybridized carbons (Fsp3) is 0.917. The van der Waals surface area contributed by atoms with Gasteiger partial charge in [0.05, 0.1) is 13.2 Å². The number of nitrogens with zero attached hydrogens (tertiary/aromatic N) is 1. The lowest BCUT2D eigenvalue weighted by Crippen LogP contribution is -2.56. The van der Waals surface area contributed by atoms with Gasteiger partial charge in [0.2, 0.25) is 0 Å². The summed E-state index contributed by atoms with van der Waals surface area (Å²) in [7, 11) is -2.52. The van der Waals surface area contributed by atoms with Gasteiger partial charge in [-0.1, -0.05) is 13.3 Å². The predicted molar refractivity (Wildman–Crippen MR) is 72.1 cm³/mol. The Morgan fingerprint density at radius 2 is 2.00 bits per heavy atom. The molecule has 1 amide bonds. The van der Waals surface area contributed by atoms with E-state index in [2.05, 4.69) is 0 Å². The SMILES string of the molecule is CCCCOC(=O)N1COC(O[Si](C)(C)C)(C(F)(F)F)C1. The number of ether oxygens (including phenoxy) is 2. The summed E-state index contributed by atoms with van der Waals surface area (Å²) in [5, 5.41) is 0. The normalized spacial score (nSPS) is 23.5. The molecule has 0 N–H and O–H groups in total. The maximum atomic E-state index is 13.3. The van der Waals surface area contributed by atoms with E-state index in [9.17, 15) is 18.0 Å². The van der Waals surface area contributed by atoms with Crippen LogP contribution in [0.2, 0.25) is 19.6 Å². The van der Waals surface area contributed by atoms with Crippen molar-refractivity contribution in [2.45, 2.75) is 51.4 Å². The number of hydrogen-bond donors (Lipinski definition) is 0. The van der Waals surface area contributed by atoms with Crippen LogP contribution in [0.3, 0.4) is 0 Å². The first kappa shape index (κ1) is 18.2. The van der Waals surface area contributed by atoms with Crippen LogP contribution in [0.15, 0.2) is 0 Å². The van der Waals surface area contributed by atoms with Gasteiger partial charge in [-0.2, -0.15) is 13.2 Å². The van der Waals surface area contributed by atoms with E-state index in [1.54, 1.807) is 19.6 Å². The van der Waals surface area contributed by atoms with Crippen LogP contribution in [0.25, 0.3) is 0 Å². The van der Waals surface area contributed by atoms with Crippen molar-refractivity contribution in [2.75, 3.05) is 19.9 Å². The van der Waals surface area contributed by atoms with Gasteiger partial charge in [0.25, 0.3) is 5.79 Å². The highest BCUT2D eigenvalue weighted by molar-refractivity contribution is 6.69. The highest BCUT2D eigenvalue weighted by Gasteiger charge is 2.63. The van der Waals surface area contributed by atoms with E-state index in [-0.39, 0.29) is 6.61 Å². The molecule has 0 bridgehead atoms. The summed E-state index contributed by atoms with van der Waals surface area (Å²) < 4.78 is 54.8. The van der Waals surface area contributed by atoms with Crippen molar-refractivity contribution in [1.29, 1.82) is 0 Å². The topological polar surface area (TPSA) is 48.0 Å². The summed E-state index contributed by atoms with van der Waals surface area (Å²) in [6.45, 7) is 5.80. The maximum absolute atomic E-state index is 13.3. The molecule has 9 heteroatoms. The maximum Gasteiger partial charge on any atom is 0.444 e. The second kappa shape index (κ2) is 6.53. The average molecular weight is 329 g/mol. The van der Waals surface area contributed by atoms with Crippen LogP contribution >= 0.6 is 0 Å². The molecular formula is C12H22F3NO4Si. The number of halogens is 3. The predicted octanol–water partition coefficient (Wildman–Crippen LogP) is 3.32. The second-order valence-corrected chi connectivity index (χ2v) is 10.3. The van der Waals surface area contributed by atoms with Crippen molar-refractivity contribution < 1.29 is 31.9 Å². The summed E-state index contributed by atoms with van der Waals surface area (Å²) in [6.07, 6.45) is -4.04. The van der Waals surface area contributed by atoms with E-state index >= 15 is 0 Å². The molecule has 5 nitrogen and oxygen atoms in total. The van der Waals surface area contributed by atoms with Gasteiger partial charge in [0.1, 0.15) is 6.73 Å². The molecular weight excluding hydrogens is 307 g/mol. The van der Waals surface area contributed by atoms with Crippen LogP contribution in [-0.4, -0.2) is 51.2 Å². The number of carbonyl (C=O) groups is 1. The number of rotatable bonds is 5. The van der Waals surface area contributed by atoms with E-state index in [0.29, 0.717) is 6.42 Å². The Bertz CT molecular complexity index is 372. The minimum Gasteiger partial charge on any atom is -0.449 e. The molecule has 1 rings (SSSR count). The quantitative estimate of drug-likeness (QED) is 0.573. The fourth-order valence-electron chi connectivity index (χ4n) is 1.82. The molecule has 124 valence electrons. The third-order valence-corrected chi connectivity index (χ3v) is 3.68. The number of carbonyl (C=O) groups excluding carboxylic acids is 1. The fourth-order valence-corrected chi connectivity index (χ4v) is 3.05. The minimum atomic E-state index is -4.72. The van der Waals surface area contributed by atoms with Crippen molar-refractivity contribution in [1.82, 2.24) is 4.90 Å². The standard InChI is InChI=1S/C12H22F3NO4Si/c1-5-6-7-18-10(17)16-8-11(19-9-16,12(13,14)15)20-21(2,3)4/h5-9H2,1-4H3. The van der Waals surface area contributed by atoms with E-state index in [4.69, 9.17) is 13.9 Å². The van der Waals surface area contributed by atoms with Gasteiger partial charge in [-0.05, 0) is 26.1 Å². The van der Waals surface area contributed by atoms with Crippen LogP contribution in [0.4, 0.5) is 18.0 Å². The van der Waals surface area contributed by atoms with E-state index in [1.165, 1.54) is 0 Å². The van der Waals surface area contributed by atoms with Gasteiger partial charge >= 0.3 is 12.3 Å². The number of hydrogen-bond acceptors (Lipinski definition) is 4. The Morgan fingerprint density at radius 1 is 1.38 bits per heavy atom. The Balaban J connectivity index is 2.75. The summed E-state index contributed by atoms with van der Waals surface area (Å²) >= 11 is 0. The number of amides is 1. The third-order valence-electron chi connectivity index (χ3n) is 2.74. The van der Waals surface area contributed by atoms with Gasteiger partial charge in [-0.3, -0.25) is 4.90 Å². The highest BCUT2D eigenvalue weighted by atomic mass is 28.4. The number of alkyl halides is 3. The van der Waals surface area contributed by atoms with Crippen LogP contribution in [0.5, 0.6) is 0 Å². The molecule has 0 aromatic heterocycles. The smallest absolute Gasteiger partial charge is 0.444 e. The third kappa shape index (κ3) is 4.85. The molecule has 1 aliphatic rings. The molecule has 1 aliphatic heterocycles. The summed E-state index contributed by atoms with van der Waals surface area (Å²) in [6, 6.07) is 0. The molecule has 0 radical (unpaired) electrons. The van der Waals surface area contributed by atoms with Gasteiger partial charge in [0, 0.05) is 0 Å². The Hall–Kier alpha value is -0.803. The van der Waals surface area contributed by atoms with Gasteiger partial charge in [-0.25, -0.2) is 4.79 Å². The Kier molecular flexibility index (Phi) is 5.67. The molecule has 1 saturated heterocycles. The molecule has 0 aliphatic carbocycles. The molecule has 0 saturated carbocycles. The lowest BCUT2D eigenvalue weighted by Gasteiger charge is -2.35. The van der Waals surface area contributed by atoms with E-state index < -0.39 is 39.6 Å². The zero-order valence-electron chi connectivity index (χ0n) is 12.7. The van der Waals surface area contributed by atoms with Crippen molar-refractivity contribution >= 4 is 14.4 Å². The van der Waals surface area contributed by atoms with Crippen LogP contribution < -0.4 is 0 Å². The average Bonchev–Trinajstić information content (AvgIpc) is 2.71. The molecule has 1 atom stereocenters. The Morgan fingerprint density at radius 3 is 2.48 bits per heavy atom. The molecule has 0 spiro atoms. The Labute approximate surface area is 123 Å². The molecule has 1 unspecified atom stereocenters. The first-order valence-corrected chi connectivity index (χ1v) is 10.2. The van der Waals surface area contributed by atoms with Crippen molar-refractivity contribution in [2.24, 2.45) is 0 Å². The lowest BCUT2D eigenvalue weighted by molar-refractivity contribution is -0.334. The van der Waals surface area contributed by atoms with Crippen LogP contribution in [-0.2, 0) is 13.9 Å². The van der Waals surface area contributed by atoms with Crippen LogP contribution in [0, 0.1) is 0 Å². The molecule has 21 heavy (non-hydrogen) atoms. The number of unbranched alkanes of at least 4 members (excludes halogenated alkanes) is 1. The zero-order valence-corrected chi connectivity index (χ0v) is 13.7. The van der Waals surface area contributed by atoms with Crippen LogP contribution in [0.1, 0.15) is 19.8 Å². The first-order chi connectivity index (χ1) is 9.51. The zero-order chi connectivity index (χ0) is 16.3. The molecule has 1 heterocycles. The summed E-state index contributed by atoms with van der Waals surface area (Å²) in [5.41, 5.74) is 0. The molecule has 1 fully saturated rings. The molecule has 0 aromatic carbocycles. The second-order valence-electron chi connectivity index (χ2n) is 5.90. The van der Waals surface area contributed by atoms with E-state index in [1.807, 2.05) is 6.92 Å². The summed E-state index contributed by atoms with van der Waals surface area (Å²) in [4.78, 5) is 12.6. The van der Waals surface area contributed by atoms with Gasteiger partial charge in [-0.15, -0.1) is 0 Å². The van der Waals surface area contributed by atoms with Crippen molar-refractivity contribution in [3.63, 3.8) is 0 Å².